The van der Waals surface area contributed by atoms with Crippen molar-refractivity contribution in [1.29, 1.82) is 0 Å². The molecule has 1 nitrogen and oxygen atoms in total. The number of hydrogen-bond acceptors (Lipinski definition) is 1. The van der Waals surface area contributed by atoms with Crippen LogP contribution < -0.4 is 0 Å². The van der Waals surface area contributed by atoms with E-state index in [1.165, 1.54) is 22.3 Å². The lowest BCUT2D eigenvalue weighted by Crippen LogP contribution is -2.16. The molecule has 0 atom stereocenters. The van der Waals surface area contributed by atoms with E-state index < -0.39 is 0 Å². The van der Waals surface area contributed by atoms with Gasteiger partial charge in [0.25, 0.3) is 0 Å². The lowest BCUT2D eigenvalue weighted by molar-refractivity contribution is 0.104. The fraction of sp³-hybridized carbons (Fsp3) is 0.136. The zero-order valence-electron chi connectivity index (χ0n) is 13.8. The van der Waals surface area contributed by atoms with Gasteiger partial charge in [-0.3, -0.25) is 4.79 Å². The summed E-state index contributed by atoms with van der Waals surface area (Å²) in [6.45, 7) is 4.52. The zero-order valence-corrected chi connectivity index (χ0v) is 17.0. The van der Waals surface area contributed by atoms with E-state index in [4.69, 9.17) is 0 Å². The monoisotopic (exact) mass is 452 g/mol. The number of hydrogen-bond donors (Lipinski definition) is 0. The fourth-order valence-corrected chi connectivity index (χ4v) is 5.72. The Morgan fingerprint density at radius 2 is 1.56 bits per heavy atom. The summed E-state index contributed by atoms with van der Waals surface area (Å²) in [5, 5.41) is 0. The zero-order chi connectivity index (χ0) is 17.5. The van der Waals surface area contributed by atoms with Gasteiger partial charge in [-0.1, -0.05) is 76.0 Å². The van der Waals surface area contributed by atoms with Crippen molar-refractivity contribution in [2.24, 2.45) is 0 Å². The molecule has 0 amide bonds. The predicted molar refractivity (Wildman–Crippen MR) is 108 cm³/mol. The van der Waals surface area contributed by atoms with E-state index in [9.17, 15) is 4.79 Å². The summed E-state index contributed by atoms with van der Waals surface area (Å²) in [4.78, 5) is 13.0. The highest BCUT2D eigenvalue weighted by molar-refractivity contribution is 9.10. The first-order chi connectivity index (χ1) is 11.9. The quantitative estimate of drug-likeness (QED) is 0.288. The van der Waals surface area contributed by atoms with Gasteiger partial charge in [0.1, 0.15) is 0 Å². The summed E-state index contributed by atoms with van der Waals surface area (Å²) in [5.41, 5.74) is 8.65. The number of rotatable bonds is 0. The number of carbonyl (C=O) groups excluding carboxylic acids is 1. The molecule has 0 spiro atoms. The first-order valence-electron chi connectivity index (χ1n) is 8.22. The Balaban J connectivity index is 1.98. The van der Waals surface area contributed by atoms with Gasteiger partial charge in [0.15, 0.2) is 5.78 Å². The van der Waals surface area contributed by atoms with E-state index >= 15 is 0 Å². The first-order valence-corrected chi connectivity index (χ1v) is 9.81. The van der Waals surface area contributed by atoms with Crippen LogP contribution >= 0.6 is 31.9 Å². The minimum atomic E-state index is -0.0963. The number of carbonyl (C=O) groups is 1. The van der Waals surface area contributed by atoms with Crippen LogP contribution in [0.2, 0.25) is 0 Å². The van der Waals surface area contributed by atoms with Crippen molar-refractivity contribution in [3.8, 4) is 22.3 Å². The van der Waals surface area contributed by atoms with Crippen LogP contribution in [0.1, 0.15) is 40.9 Å². The summed E-state index contributed by atoms with van der Waals surface area (Å²) >= 11 is 7.26. The van der Waals surface area contributed by atoms with E-state index in [0.717, 1.165) is 31.2 Å². The second-order valence-corrected chi connectivity index (χ2v) is 8.99. The first kappa shape index (κ1) is 15.5. The van der Waals surface area contributed by atoms with Crippen LogP contribution in [0.15, 0.2) is 57.5 Å². The molecule has 3 heteroatoms. The van der Waals surface area contributed by atoms with Crippen molar-refractivity contribution >= 4 is 37.6 Å². The minimum Gasteiger partial charge on any atom is -0.289 e. The van der Waals surface area contributed by atoms with Crippen molar-refractivity contribution in [2.45, 2.75) is 19.3 Å². The molecule has 2 aliphatic rings. The van der Waals surface area contributed by atoms with Crippen molar-refractivity contribution in [3.63, 3.8) is 0 Å². The molecule has 0 saturated carbocycles. The molecule has 0 N–H and O–H groups in total. The smallest absolute Gasteiger partial charge is 0.194 e. The lowest BCUT2D eigenvalue weighted by Gasteiger charge is -2.23. The predicted octanol–water partition coefficient (Wildman–Crippen LogP) is 6.73. The third kappa shape index (κ3) is 1.86. The topological polar surface area (TPSA) is 17.1 Å². The third-order valence-corrected chi connectivity index (χ3v) is 6.63. The van der Waals surface area contributed by atoms with Crippen LogP contribution in [0.5, 0.6) is 0 Å². The van der Waals surface area contributed by atoms with Crippen LogP contribution in [0.25, 0.3) is 22.3 Å². The van der Waals surface area contributed by atoms with E-state index in [1.807, 2.05) is 18.2 Å². The SMILES string of the molecule is CC1(C)c2ccccc2-c2c3c(cc(Br)c21)C(=O)c1cc(Br)ccc1-3. The minimum absolute atomic E-state index is 0.0963. The Kier molecular flexibility index (Phi) is 3.06. The van der Waals surface area contributed by atoms with Gasteiger partial charge >= 0.3 is 0 Å². The average Bonchev–Trinajstić information content (AvgIpc) is 2.99. The lowest BCUT2D eigenvalue weighted by atomic mass is 9.81. The van der Waals surface area contributed by atoms with Crippen molar-refractivity contribution < 1.29 is 4.79 Å². The normalized spacial score (nSPS) is 15.6. The van der Waals surface area contributed by atoms with Crippen LogP contribution in [0, 0.1) is 0 Å². The maximum atomic E-state index is 13.0. The van der Waals surface area contributed by atoms with E-state index in [-0.39, 0.29) is 11.2 Å². The Labute approximate surface area is 163 Å². The molecule has 0 unspecified atom stereocenters. The molecule has 0 saturated heterocycles. The van der Waals surface area contributed by atoms with Crippen LogP contribution in [0.4, 0.5) is 0 Å². The van der Waals surface area contributed by atoms with E-state index in [2.05, 4.69) is 76.0 Å². The second-order valence-electron chi connectivity index (χ2n) is 7.22. The molecular weight excluding hydrogens is 440 g/mol. The van der Waals surface area contributed by atoms with Crippen molar-refractivity contribution in [3.05, 3.63) is 79.7 Å². The van der Waals surface area contributed by atoms with Gasteiger partial charge < -0.3 is 0 Å². The summed E-state index contributed by atoms with van der Waals surface area (Å²) < 4.78 is 1.95. The number of fused-ring (bicyclic) bond motifs is 7. The number of ketones is 1. The number of benzene rings is 3. The Bertz CT molecular complexity index is 1110. The molecule has 2 aliphatic carbocycles. The third-order valence-electron chi connectivity index (χ3n) is 5.51. The largest absolute Gasteiger partial charge is 0.289 e. The summed E-state index contributed by atoms with van der Waals surface area (Å²) in [6, 6.07) is 16.6. The van der Waals surface area contributed by atoms with E-state index in [1.54, 1.807) is 0 Å². The fourth-order valence-electron chi connectivity index (χ4n) is 4.44. The molecule has 3 aromatic carbocycles. The molecule has 0 aliphatic heterocycles. The van der Waals surface area contributed by atoms with Gasteiger partial charge in [0.2, 0.25) is 0 Å². The van der Waals surface area contributed by atoms with Crippen LogP contribution in [-0.2, 0) is 5.41 Å². The van der Waals surface area contributed by atoms with Gasteiger partial charge in [-0.2, -0.15) is 0 Å². The second kappa shape index (κ2) is 4.93. The highest BCUT2D eigenvalue weighted by Gasteiger charge is 2.42. The maximum Gasteiger partial charge on any atom is 0.194 e. The van der Waals surface area contributed by atoms with Gasteiger partial charge in [-0.05, 0) is 46.0 Å². The molecule has 0 aromatic heterocycles. The van der Waals surface area contributed by atoms with Gasteiger partial charge in [0, 0.05) is 31.1 Å². The highest BCUT2D eigenvalue weighted by atomic mass is 79.9. The standard InChI is InChI=1S/C22H14Br2O/c1-22(2)16-6-4-3-5-13(16)19-18-12-8-7-11(23)9-14(12)21(25)15(18)10-17(24)20(19)22/h3-10H,1-2H3. The van der Waals surface area contributed by atoms with Crippen molar-refractivity contribution in [1.82, 2.24) is 0 Å². The Morgan fingerprint density at radius 1 is 0.800 bits per heavy atom. The molecule has 0 heterocycles. The van der Waals surface area contributed by atoms with E-state index in [0.29, 0.717) is 0 Å². The van der Waals surface area contributed by atoms with Crippen LogP contribution in [0.3, 0.4) is 0 Å². The molecule has 0 bridgehead atoms. The Morgan fingerprint density at radius 3 is 2.36 bits per heavy atom. The molecule has 3 aromatic rings. The van der Waals surface area contributed by atoms with Crippen molar-refractivity contribution in [2.75, 3.05) is 0 Å². The van der Waals surface area contributed by atoms with Gasteiger partial charge in [-0.25, -0.2) is 0 Å². The maximum absolute atomic E-state index is 13.0. The molecule has 122 valence electrons. The average molecular weight is 454 g/mol. The summed E-state index contributed by atoms with van der Waals surface area (Å²) in [5.74, 6) is 0.108. The van der Waals surface area contributed by atoms with Gasteiger partial charge in [0.05, 0.1) is 0 Å². The molecular formula is C22H14Br2O. The van der Waals surface area contributed by atoms with Gasteiger partial charge in [-0.15, -0.1) is 0 Å². The summed E-state index contributed by atoms with van der Waals surface area (Å²) in [7, 11) is 0. The number of halogens is 2. The highest BCUT2D eigenvalue weighted by Crippen LogP contribution is 2.57. The molecule has 0 radical (unpaired) electrons. The Hall–Kier alpha value is -1.71. The van der Waals surface area contributed by atoms with Crippen LogP contribution in [-0.4, -0.2) is 5.78 Å². The molecule has 0 fully saturated rings. The summed E-state index contributed by atoms with van der Waals surface area (Å²) in [6.07, 6.45) is 0. The molecule has 25 heavy (non-hydrogen) atoms. The molecule has 5 rings (SSSR count).